The maximum atomic E-state index is 9.51. The van der Waals surface area contributed by atoms with Gasteiger partial charge in [0.1, 0.15) is 11.2 Å². The lowest BCUT2D eigenvalue weighted by molar-refractivity contribution is 0.669. The average Bonchev–Trinajstić information content (AvgIpc) is 3.99. The van der Waals surface area contributed by atoms with E-state index in [0.29, 0.717) is 0 Å². The summed E-state index contributed by atoms with van der Waals surface area (Å²) < 4.78 is 262. The average molecular weight is 681 g/mol. The Morgan fingerprint density at radius 1 is 0.333 bits per heavy atom. The van der Waals surface area contributed by atoms with E-state index in [-0.39, 0.29) is 0 Å². The van der Waals surface area contributed by atoms with Crippen LogP contribution >= 0.6 is 0 Å². The van der Waals surface area contributed by atoms with Crippen LogP contribution in [0.2, 0.25) is 0 Å². The van der Waals surface area contributed by atoms with Crippen LogP contribution < -0.4 is 0 Å². The summed E-state index contributed by atoms with van der Waals surface area (Å²) in [5.74, 6) is -2.58. The van der Waals surface area contributed by atoms with Crippen molar-refractivity contribution < 1.29 is 44.2 Å². The van der Waals surface area contributed by atoms with Gasteiger partial charge in [-0.2, -0.15) is 0 Å². The van der Waals surface area contributed by atoms with Crippen molar-refractivity contribution >= 4 is 43.5 Å². The maximum Gasteiger partial charge on any atom is 0.164 e. The Hall–Kier alpha value is -6.91. The van der Waals surface area contributed by atoms with Crippen molar-refractivity contribution in [2.75, 3.05) is 0 Å². The third-order valence-electron chi connectivity index (χ3n) is 7.69. The van der Waals surface area contributed by atoms with Gasteiger partial charge in [0, 0.05) is 27.5 Å². The van der Waals surface area contributed by atoms with Gasteiger partial charge in [0.2, 0.25) is 0 Å². The number of hydrogen-bond donors (Lipinski definition) is 0. The highest BCUT2D eigenvalue weighted by Crippen LogP contribution is 2.40. The lowest BCUT2D eigenvalue weighted by atomic mass is 9.90. The van der Waals surface area contributed by atoms with Gasteiger partial charge in [-0.25, -0.2) is 15.0 Å². The van der Waals surface area contributed by atoms with Gasteiger partial charge in [0.05, 0.1) is 39.8 Å². The van der Waals surface area contributed by atoms with Crippen molar-refractivity contribution in [2.45, 2.75) is 0 Å². The van der Waals surface area contributed by atoms with Crippen molar-refractivity contribution in [1.82, 2.24) is 15.0 Å². The molecule has 10 rings (SSSR count). The lowest BCUT2D eigenvalue weighted by Crippen LogP contribution is -2.00. The van der Waals surface area contributed by atoms with Crippen molar-refractivity contribution in [3.63, 3.8) is 0 Å². The monoisotopic (exact) mass is 680 g/mol. The minimum Gasteiger partial charge on any atom is -0.456 e. The highest BCUT2D eigenvalue weighted by molar-refractivity contribution is 6.12. The molecule has 0 spiro atoms. The molecule has 0 aliphatic carbocycles. The molecule has 2 aromatic heterocycles. The number of benzene rings is 8. The van der Waals surface area contributed by atoms with E-state index in [1.54, 1.807) is 0 Å². The van der Waals surface area contributed by atoms with Crippen molar-refractivity contribution in [1.29, 1.82) is 0 Å². The number of rotatable bonds is 5. The van der Waals surface area contributed by atoms with Crippen molar-refractivity contribution in [3.05, 3.63) is 175 Å². The first-order valence-corrected chi connectivity index (χ1v) is 14.7. The summed E-state index contributed by atoms with van der Waals surface area (Å²) in [6, 6.07) is -26.9. The van der Waals surface area contributed by atoms with E-state index in [9.17, 15) is 11.0 Å². The fourth-order valence-electron chi connectivity index (χ4n) is 5.46. The second-order valence-electron chi connectivity index (χ2n) is 10.6. The van der Waals surface area contributed by atoms with Gasteiger partial charge >= 0.3 is 0 Å². The van der Waals surface area contributed by atoms with Crippen LogP contribution in [0, 0.1) is 0 Å². The summed E-state index contributed by atoms with van der Waals surface area (Å²) in [6.07, 6.45) is 0. The molecule has 2 heterocycles. The molecule has 0 atom stereocenters. The SMILES string of the molecule is [2H]c1c([2H])c([2H])c(-c2nc(-c3c([2H])c([2H])c(-c4c([2H])c([2H])c(-c5c([2H])c([2H])c([2H])c6c([2H])c([2H])c([2H])c([2H])c56)c5c([2H])c([2H])c([2H])c([2H])c45)c([2H])c3[2H])nc(-c3c([2H])c([2H])c([2H])c4oc5c([2H])c([2H])c([2H])c([2H])c5c34)n2)c([2H])c1[2H]. The first kappa shape index (κ1) is 12.1. The molecule has 0 radical (unpaired) electrons. The molecule has 0 N–H and O–H groups in total. The van der Waals surface area contributed by atoms with Crippen LogP contribution in [0.15, 0.2) is 180 Å². The molecule has 0 unspecified atom stereocenters. The Labute approximate surface area is 335 Å². The van der Waals surface area contributed by atoms with Gasteiger partial charge in [-0.1, -0.05) is 163 Å². The minimum absolute atomic E-state index is 0.441. The number of furan rings is 1. The molecule has 4 nitrogen and oxygen atoms in total. The molecule has 0 aliphatic rings. The number of fused-ring (bicyclic) bond motifs is 5. The number of nitrogens with zero attached hydrogens (tertiary/aromatic N) is 3. The summed E-state index contributed by atoms with van der Waals surface area (Å²) in [5.41, 5.74) is -6.59. The Morgan fingerprint density at radius 3 is 1.65 bits per heavy atom. The number of hydrogen-bond acceptors (Lipinski definition) is 4. The van der Waals surface area contributed by atoms with Crippen LogP contribution in [0.3, 0.4) is 0 Å². The van der Waals surface area contributed by atoms with E-state index >= 15 is 0 Å². The Bertz CT molecular complexity index is 4530. The zero-order valence-electron chi connectivity index (χ0n) is 54.2. The molecule has 8 aromatic carbocycles. The van der Waals surface area contributed by atoms with Crippen LogP contribution in [0.4, 0.5) is 0 Å². The molecule has 0 saturated carbocycles. The third-order valence-corrected chi connectivity index (χ3v) is 7.69. The van der Waals surface area contributed by atoms with Gasteiger partial charge in [0.25, 0.3) is 0 Å². The molecular weight excluding hydrogens is 623 g/mol. The number of aromatic nitrogens is 3. The second kappa shape index (κ2) is 11.9. The van der Waals surface area contributed by atoms with E-state index < -0.39 is 275 Å². The summed E-state index contributed by atoms with van der Waals surface area (Å²) in [7, 11) is 0. The molecule has 0 bridgehead atoms. The second-order valence-corrected chi connectivity index (χ2v) is 10.6. The van der Waals surface area contributed by atoms with Crippen LogP contribution in [0.1, 0.15) is 39.8 Å². The lowest BCUT2D eigenvalue weighted by Gasteiger charge is -2.14. The van der Waals surface area contributed by atoms with E-state index in [1.165, 1.54) is 0 Å². The highest BCUT2D eigenvalue weighted by Gasteiger charge is 2.18. The van der Waals surface area contributed by atoms with Gasteiger partial charge in [-0.05, 0) is 55.9 Å². The predicted molar refractivity (Wildman–Crippen MR) is 209 cm³/mol. The summed E-state index contributed by atoms with van der Waals surface area (Å²) in [6.45, 7) is 0. The fourth-order valence-corrected chi connectivity index (χ4v) is 5.46. The standard InChI is InChI=1S/C47H29N3O/c1-2-13-32(14-3-1)45-48-46(50-47(49-45)41-21-11-23-43-44(41)40-19-8-9-22-42(40)51-43)33-26-24-31(25-27-33)35-28-29-39(38-18-7-6-17-36(35)38)37-20-10-15-30-12-4-5-16-34(30)37/h1-29H/i1D,2D,3D,4D,5D,6D,7D,8D,9D,10D,11D,12D,13D,14D,15D,16D,17D,18D,19D,20D,21D,22D,23D,24D,25D,26D,27D,28D,29D. The molecule has 0 aliphatic heterocycles. The van der Waals surface area contributed by atoms with Gasteiger partial charge in [-0.3, -0.25) is 0 Å². The normalized spacial score (nSPS) is 19.5. The fraction of sp³-hybridized carbons (Fsp3) is 0. The van der Waals surface area contributed by atoms with E-state index in [2.05, 4.69) is 15.0 Å². The van der Waals surface area contributed by atoms with Crippen LogP contribution in [-0.4, -0.2) is 15.0 Å². The molecule has 51 heavy (non-hydrogen) atoms. The number of para-hydroxylation sites is 1. The molecule has 0 fully saturated rings. The summed E-state index contributed by atoms with van der Waals surface area (Å²) in [4.78, 5) is 13.0. The Kier molecular flexibility index (Phi) is 2.83. The van der Waals surface area contributed by atoms with E-state index in [0.717, 1.165) is 0 Å². The van der Waals surface area contributed by atoms with Gasteiger partial charge in [0.15, 0.2) is 17.5 Å². The maximum absolute atomic E-state index is 9.51. The van der Waals surface area contributed by atoms with Crippen LogP contribution in [-0.2, 0) is 0 Å². The molecule has 0 saturated heterocycles. The largest absolute Gasteiger partial charge is 0.456 e. The Morgan fingerprint density at radius 2 is 0.843 bits per heavy atom. The quantitative estimate of drug-likeness (QED) is 0.182. The summed E-state index contributed by atoms with van der Waals surface area (Å²) >= 11 is 0. The van der Waals surface area contributed by atoms with Crippen molar-refractivity contribution in [3.8, 4) is 56.4 Å². The molecule has 4 heteroatoms. The molecule has 10 aromatic rings. The van der Waals surface area contributed by atoms with Crippen LogP contribution in [0.25, 0.3) is 99.9 Å². The topological polar surface area (TPSA) is 51.8 Å². The molecule has 238 valence electrons. The first-order valence-electron chi connectivity index (χ1n) is 29.2. The predicted octanol–water partition coefficient (Wildman–Crippen LogP) is 12.4. The van der Waals surface area contributed by atoms with Gasteiger partial charge in [-0.15, -0.1) is 0 Å². The molecular formula is C47H29N3O. The highest BCUT2D eigenvalue weighted by atomic mass is 16.3. The first-order chi connectivity index (χ1) is 37.3. The van der Waals surface area contributed by atoms with Gasteiger partial charge < -0.3 is 4.42 Å². The third kappa shape index (κ3) is 4.96. The molecule has 0 amide bonds. The van der Waals surface area contributed by atoms with Crippen LogP contribution in [0.5, 0.6) is 0 Å². The minimum atomic E-state index is -1.12. The van der Waals surface area contributed by atoms with E-state index in [4.69, 9.17) is 33.2 Å². The van der Waals surface area contributed by atoms with E-state index in [1.807, 2.05) is 0 Å². The Balaban J connectivity index is 1.35. The van der Waals surface area contributed by atoms with Crippen molar-refractivity contribution in [2.24, 2.45) is 0 Å². The summed E-state index contributed by atoms with van der Waals surface area (Å²) in [5, 5.41) is -3.62. The zero-order valence-corrected chi connectivity index (χ0v) is 25.2. The smallest absolute Gasteiger partial charge is 0.164 e. The zero-order chi connectivity index (χ0) is 59.0.